The summed E-state index contributed by atoms with van der Waals surface area (Å²) in [5.41, 5.74) is 7.80. The summed E-state index contributed by atoms with van der Waals surface area (Å²) >= 11 is 1.65. The van der Waals surface area contributed by atoms with E-state index in [9.17, 15) is 0 Å². The van der Waals surface area contributed by atoms with Gasteiger partial charge in [0, 0.05) is 10.9 Å². The van der Waals surface area contributed by atoms with Gasteiger partial charge in [-0.25, -0.2) is 4.98 Å². The average Bonchev–Trinajstić information content (AvgIpc) is 2.87. The summed E-state index contributed by atoms with van der Waals surface area (Å²) in [4.78, 5) is 4.65. The summed E-state index contributed by atoms with van der Waals surface area (Å²) in [6.45, 7) is 3.96. The number of thiazole rings is 1. The number of hydrogen-bond donors (Lipinski definition) is 1. The van der Waals surface area contributed by atoms with Crippen molar-refractivity contribution in [3.05, 3.63) is 53.5 Å². The normalized spacial score (nSPS) is 11.9. The third kappa shape index (κ3) is 2.39. The molecule has 2 N–H and O–H groups in total. The molecule has 0 unspecified atom stereocenters. The van der Waals surface area contributed by atoms with Crippen LogP contribution in [0.2, 0.25) is 0 Å². The number of nitrogens with two attached hydrogens (primary N) is 1. The van der Waals surface area contributed by atoms with Gasteiger partial charge in [-0.05, 0) is 30.7 Å². The van der Waals surface area contributed by atoms with Gasteiger partial charge in [-0.15, -0.1) is 11.3 Å². The van der Waals surface area contributed by atoms with E-state index in [1.54, 1.807) is 11.3 Å². The largest absolute Gasteiger partial charge is 0.321 e. The maximum Gasteiger partial charge on any atom is 0.123 e. The molecule has 0 aliphatic rings. The van der Waals surface area contributed by atoms with E-state index in [-0.39, 0.29) is 5.54 Å². The number of hydrogen-bond acceptors (Lipinski definition) is 3. The highest BCUT2D eigenvalue weighted by molar-refractivity contribution is 7.13. The second kappa shape index (κ2) is 4.44. The number of nitrogens with zero attached hydrogens (tertiary/aromatic N) is 1. The van der Waals surface area contributed by atoms with Crippen molar-refractivity contribution in [3.63, 3.8) is 0 Å². The van der Waals surface area contributed by atoms with Crippen LogP contribution in [0.3, 0.4) is 0 Å². The number of benzene rings is 2. The summed E-state index contributed by atoms with van der Waals surface area (Å²) in [6.07, 6.45) is 0. The van der Waals surface area contributed by atoms with E-state index in [2.05, 4.69) is 47.4 Å². The second-order valence-corrected chi connectivity index (χ2v) is 6.18. The molecule has 0 amide bonds. The number of rotatable bonds is 2. The molecule has 0 spiro atoms. The summed E-state index contributed by atoms with van der Waals surface area (Å²) in [7, 11) is 0. The summed E-state index contributed by atoms with van der Waals surface area (Å²) < 4.78 is 0. The minimum Gasteiger partial charge on any atom is -0.321 e. The standard InChI is InChI=1S/C16H16N2S/c1-16(2,17)14-10-19-15(18-14)13-8-7-11-5-3-4-6-12(11)9-13/h3-10H,17H2,1-2H3. The monoisotopic (exact) mass is 268 g/mol. The molecule has 0 fully saturated rings. The number of fused-ring (bicyclic) bond motifs is 1. The van der Waals surface area contributed by atoms with Crippen LogP contribution in [0.25, 0.3) is 21.3 Å². The Morgan fingerprint density at radius 3 is 2.47 bits per heavy atom. The first-order valence-corrected chi connectivity index (χ1v) is 7.16. The summed E-state index contributed by atoms with van der Waals surface area (Å²) in [5.74, 6) is 0. The molecule has 19 heavy (non-hydrogen) atoms. The van der Waals surface area contributed by atoms with Gasteiger partial charge in [-0.3, -0.25) is 0 Å². The molecule has 0 saturated heterocycles. The lowest BCUT2D eigenvalue weighted by Crippen LogP contribution is -2.28. The maximum atomic E-state index is 6.08. The smallest absolute Gasteiger partial charge is 0.123 e. The lowest BCUT2D eigenvalue weighted by molar-refractivity contribution is 0.539. The summed E-state index contributed by atoms with van der Waals surface area (Å²) in [6, 6.07) is 14.8. The van der Waals surface area contributed by atoms with Crippen molar-refractivity contribution >= 4 is 22.1 Å². The molecule has 1 aromatic heterocycles. The van der Waals surface area contributed by atoms with Crippen molar-refractivity contribution in [1.82, 2.24) is 4.98 Å². The van der Waals surface area contributed by atoms with Gasteiger partial charge in [0.2, 0.25) is 0 Å². The topological polar surface area (TPSA) is 38.9 Å². The molecular weight excluding hydrogens is 252 g/mol. The van der Waals surface area contributed by atoms with E-state index < -0.39 is 0 Å². The van der Waals surface area contributed by atoms with Gasteiger partial charge < -0.3 is 5.73 Å². The molecule has 2 aromatic carbocycles. The molecule has 0 atom stereocenters. The van der Waals surface area contributed by atoms with Gasteiger partial charge in [0.05, 0.1) is 11.2 Å². The van der Waals surface area contributed by atoms with Crippen LogP contribution in [0, 0.1) is 0 Å². The van der Waals surface area contributed by atoms with Crippen LogP contribution in [-0.2, 0) is 5.54 Å². The van der Waals surface area contributed by atoms with E-state index in [4.69, 9.17) is 5.73 Å². The SMILES string of the molecule is CC(C)(N)c1csc(-c2ccc3ccccc3c2)n1. The first-order chi connectivity index (χ1) is 9.04. The molecule has 3 heteroatoms. The fourth-order valence-corrected chi connectivity index (χ4v) is 3.02. The molecular formula is C16H16N2S. The molecule has 0 aliphatic carbocycles. The zero-order valence-corrected chi connectivity index (χ0v) is 11.9. The van der Waals surface area contributed by atoms with E-state index in [1.165, 1.54) is 10.8 Å². The van der Waals surface area contributed by atoms with Crippen LogP contribution in [0.5, 0.6) is 0 Å². The molecule has 2 nitrogen and oxygen atoms in total. The van der Waals surface area contributed by atoms with Gasteiger partial charge in [0.15, 0.2) is 0 Å². The van der Waals surface area contributed by atoms with E-state index in [1.807, 2.05) is 19.2 Å². The molecule has 0 radical (unpaired) electrons. The minimum atomic E-state index is -0.383. The van der Waals surface area contributed by atoms with Crippen LogP contribution in [0.15, 0.2) is 47.8 Å². The first-order valence-electron chi connectivity index (χ1n) is 6.28. The van der Waals surface area contributed by atoms with Crippen molar-refractivity contribution in [1.29, 1.82) is 0 Å². The highest BCUT2D eigenvalue weighted by atomic mass is 32.1. The highest BCUT2D eigenvalue weighted by Crippen LogP contribution is 2.29. The first kappa shape index (κ1) is 12.3. The Labute approximate surface area is 116 Å². The number of aromatic nitrogens is 1. The Morgan fingerprint density at radius 1 is 1.05 bits per heavy atom. The van der Waals surface area contributed by atoms with Gasteiger partial charge >= 0.3 is 0 Å². The van der Waals surface area contributed by atoms with Crippen LogP contribution >= 0.6 is 11.3 Å². The van der Waals surface area contributed by atoms with Gasteiger partial charge in [-0.1, -0.05) is 36.4 Å². The van der Waals surface area contributed by atoms with Crippen LogP contribution in [0.4, 0.5) is 0 Å². The Hall–Kier alpha value is -1.71. The zero-order chi connectivity index (χ0) is 13.5. The quantitative estimate of drug-likeness (QED) is 0.758. The van der Waals surface area contributed by atoms with E-state index >= 15 is 0 Å². The zero-order valence-electron chi connectivity index (χ0n) is 11.1. The molecule has 96 valence electrons. The Morgan fingerprint density at radius 2 is 1.79 bits per heavy atom. The fraction of sp³-hybridized carbons (Fsp3) is 0.188. The molecule has 3 rings (SSSR count). The molecule has 0 bridgehead atoms. The van der Waals surface area contributed by atoms with Gasteiger partial charge in [0.25, 0.3) is 0 Å². The van der Waals surface area contributed by atoms with Crippen LogP contribution < -0.4 is 5.73 Å². The lowest BCUT2D eigenvalue weighted by Gasteiger charge is -2.14. The Kier molecular flexibility index (Phi) is 2.88. The van der Waals surface area contributed by atoms with E-state index in [0.29, 0.717) is 0 Å². The van der Waals surface area contributed by atoms with Crippen LogP contribution in [-0.4, -0.2) is 4.98 Å². The third-order valence-corrected chi connectivity index (χ3v) is 4.05. The predicted molar refractivity (Wildman–Crippen MR) is 82.3 cm³/mol. The maximum absolute atomic E-state index is 6.08. The van der Waals surface area contributed by atoms with Crippen molar-refractivity contribution in [3.8, 4) is 10.6 Å². The summed E-state index contributed by atoms with van der Waals surface area (Å²) in [5, 5.41) is 5.56. The predicted octanol–water partition coefficient (Wildman–Crippen LogP) is 4.16. The van der Waals surface area contributed by atoms with Gasteiger partial charge in [0.1, 0.15) is 5.01 Å². The van der Waals surface area contributed by atoms with E-state index in [0.717, 1.165) is 16.3 Å². The molecule has 3 aromatic rings. The molecule has 0 aliphatic heterocycles. The Bertz CT molecular complexity index is 723. The molecule has 1 heterocycles. The minimum absolute atomic E-state index is 0.383. The van der Waals surface area contributed by atoms with Crippen molar-refractivity contribution in [2.24, 2.45) is 5.73 Å². The van der Waals surface area contributed by atoms with Gasteiger partial charge in [-0.2, -0.15) is 0 Å². The van der Waals surface area contributed by atoms with Crippen molar-refractivity contribution in [2.45, 2.75) is 19.4 Å². The average molecular weight is 268 g/mol. The fourth-order valence-electron chi connectivity index (χ4n) is 2.02. The van der Waals surface area contributed by atoms with Crippen molar-refractivity contribution < 1.29 is 0 Å². The Balaban J connectivity index is 2.07. The lowest BCUT2D eigenvalue weighted by atomic mass is 10.0. The second-order valence-electron chi connectivity index (χ2n) is 5.32. The van der Waals surface area contributed by atoms with Crippen LogP contribution in [0.1, 0.15) is 19.5 Å². The molecule has 0 saturated carbocycles. The highest BCUT2D eigenvalue weighted by Gasteiger charge is 2.18. The third-order valence-electron chi connectivity index (χ3n) is 3.16. The van der Waals surface area contributed by atoms with Crippen molar-refractivity contribution in [2.75, 3.05) is 0 Å².